The maximum atomic E-state index is 12.8. The van der Waals surface area contributed by atoms with Crippen LogP contribution < -0.4 is 0 Å². The van der Waals surface area contributed by atoms with E-state index in [9.17, 15) is 13.2 Å². The Morgan fingerprint density at radius 2 is 1.72 bits per heavy atom. The van der Waals surface area contributed by atoms with E-state index in [1.54, 1.807) is 48.6 Å². The number of Topliss-reactive ketones (excluding diaryl/α,β-unsaturated/α-hetero) is 1. The molecule has 146 valence electrons. The predicted molar refractivity (Wildman–Crippen MR) is 115 cm³/mol. The first kappa shape index (κ1) is 20.4. The molecular weight excluding hydrogens is 382 g/mol. The van der Waals surface area contributed by atoms with Gasteiger partial charge < -0.3 is 0 Å². The lowest BCUT2D eigenvalue weighted by molar-refractivity contribution is -0.113. The Hall–Kier alpha value is -3.36. The molecule has 0 amide bonds. The number of aryl methyl sites for hydroxylation is 1. The van der Waals surface area contributed by atoms with Crippen LogP contribution in [0.3, 0.4) is 0 Å². The summed E-state index contributed by atoms with van der Waals surface area (Å²) < 4.78 is 26.9. The minimum atomic E-state index is -3.66. The van der Waals surface area contributed by atoms with Gasteiger partial charge in [0.05, 0.1) is 10.6 Å². The molecule has 0 aliphatic rings. The average Bonchev–Trinajstić information content (AvgIpc) is 3.20. The van der Waals surface area contributed by atoms with Crippen molar-refractivity contribution in [2.24, 2.45) is 0 Å². The number of allylic oxidation sites excluding steroid dienone is 1. The molecule has 0 unspecified atom stereocenters. The monoisotopic (exact) mass is 403 g/mol. The van der Waals surface area contributed by atoms with Crippen LogP contribution in [0.15, 0.2) is 83.9 Å². The van der Waals surface area contributed by atoms with Crippen LogP contribution in [0.2, 0.25) is 0 Å². The minimum absolute atomic E-state index is 0.152. The Balaban J connectivity index is 1.64. The molecular formula is C24H21NO3S. The highest BCUT2D eigenvalue weighted by molar-refractivity contribution is 7.90. The molecule has 0 N–H and O–H groups in total. The Morgan fingerprint density at radius 3 is 2.45 bits per heavy atom. The van der Waals surface area contributed by atoms with E-state index in [0.29, 0.717) is 12.1 Å². The smallest absolute Gasteiger partial charge is 0.268 e. The molecule has 0 radical (unpaired) electrons. The van der Waals surface area contributed by atoms with Crippen molar-refractivity contribution in [1.82, 2.24) is 3.97 Å². The summed E-state index contributed by atoms with van der Waals surface area (Å²) in [4.78, 5) is 12.1. The highest BCUT2D eigenvalue weighted by atomic mass is 32.2. The van der Waals surface area contributed by atoms with E-state index in [0.717, 1.165) is 11.1 Å². The van der Waals surface area contributed by atoms with Crippen molar-refractivity contribution in [1.29, 1.82) is 0 Å². The molecule has 4 nitrogen and oxygen atoms in total. The summed E-state index contributed by atoms with van der Waals surface area (Å²) in [6.45, 7) is 1.91. The second kappa shape index (κ2) is 9.22. The van der Waals surface area contributed by atoms with Crippen molar-refractivity contribution in [2.75, 3.05) is 0 Å². The van der Waals surface area contributed by atoms with E-state index in [-0.39, 0.29) is 17.1 Å². The zero-order chi connectivity index (χ0) is 20.7. The Bertz CT molecular complexity index is 1180. The van der Waals surface area contributed by atoms with Gasteiger partial charge in [-0.1, -0.05) is 47.9 Å². The molecule has 5 heteroatoms. The summed E-state index contributed by atoms with van der Waals surface area (Å²) >= 11 is 0. The molecule has 0 bridgehead atoms. The lowest BCUT2D eigenvalue weighted by Crippen LogP contribution is -2.13. The van der Waals surface area contributed by atoms with Crippen LogP contribution in [-0.4, -0.2) is 18.2 Å². The van der Waals surface area contributed by atoms with Gasteiger partial charge in [0.1, 0.15) is 0 Å². The van der Waals surface area contributed by atoms with Gasteiger partial charge in [-0.05, 0) is 61.7 Å². The van der Waals surface area contributed by atoms with Gasteiger partial charge in [0.2, 0.25) is 5.78 Å². The van der Waals surface area contributed by atoms with Crippen molar-refractivity contribution >= 4 is 21.9 Å². The van der Waals surface area contributed by atoms with Crippen LogP contribution >= 0.6 is 0 Å². The van der Waals surface area contributed by atoms with Crippen molar-refractivity contribution in [3.63, 3.8) is 0 Å². The number of benzene rings is 2. The third-order valence-electron chi connectivity index (χ3n) is 4.27. The second-order valence-corrected chi connectivity index (χ2v) is 8.34. The van der Waals surface area contributed by atoms with Gasteiger partial charge in [0.25, 0.3) is 10.0 Å². The molecule has 3 rings (SSSR count). The molecule has 3 aromatic rings. The third kappa shape index (κ3) is 5.34. The Morgan fingerprint density at radius 1 is 1.00 bits per heavy atom. The predicted octanol–water partition coefficient (Wildman–Crippen LogP) is 4.45. The highest BCUT2D eigenvalue weighted by Crippen LogP contribution is 2.18. The van der Waals surface area contributed by atoms with Crippen LogP contribution in [0.25, 0.3) is 6.08 Å². The number of carbonyl (C=O) groups excluding carboxylic acids is 1. The van der Waals surface area contributed by atoms with Gasteiger partial charge in [0.15, 0.2) is 0 Å². The fourth-order valence-electron chi connectivity index (χ4n) is 2.70. The fourth-order valence-corrected chi connectivity index (χ4v) is 4.03. The van der Waals surface area contributed by atoms with Crippen LogP contribution in [0.4, 0.5) is 0 Å². The molecule has 0 saturated heterocycles. The van der Waals surface area contributed by atoms with Gasteiger partial charge >= 0.3 is 0 Å². The summed E-state index contributed by atoms with van der Waals surface area (Å²) in [6, 6.07) is 19.5. The maximum absolute atomic E-state index is 12.8. The Labute approximate surface area is 171 Å². The lowest BCUT2D eigenvalue weighted by Gasteiger charge is -2.08. The van der Waals surface area contributed by atoms with Gasteiger partial charge in [-0.3, -0.25) is 4.79 Å². The topological polar surface area (TPSA) is 56.1 Å². The van der Waals surface area contributed by atoms with Crippen LogP contribution in [0.1, 0.15) is 29.7 Å². The third-order valence-corrected chi connectivity index (χ3v) is 5.99. The Kier molecular flexibility index (Phi) is 6.48. The standard InChI is InChI=1S/C24H21NO3S/c1-20-13-17-24(18-14-20)29(27,28)25-19-7-11-22(25)10-5-6-12-23(26)16-15-21-8-3-2-4-9-21/h2-5,7-11,13-14,17-19H,6,12H2,1H3/b10-5+. The number of hydrogen-bond acceptors (Lipinski definition) is 3. The van der Waals surface area contributed by atoms with E-state index in [1.165, 1.54) is 10.2 Å². The van der Waals surface area contributed by atoms with E-state index in [2.05, 4.69) is 11.8 Å². The summed E-state index contributed by atoms with van der Waals surface area (Å²) in [6.07, 6.45) is 5.79. The normalized spacial score (nSPS) is 11.2. The van der Waals surface area contributed by atoms with Crippen molar-refractivity contribution in [3.8, 4) is 11.8 Å². The summed E-state index contributed by atoms with van der Waals surface area (Å²) in [5.74, 6) is 5.32. The minimum Gasteiger partial charge on any atom is -0.285 e. The second-order valence-electron chi connectivity index (χ2n) is 6.53. The highest BCUT2D eigenvalue weighted by Gasteiger charge is 2.17. The SMILES string of the molecule is Cc1ccc(S(=O)(=O)n2cccc2/C=C/CCC(=O)C#Cc2ccccc2)cc1. The largest absolute Gasteiger partial charge is 0.285 e. The van der Waals surface area contributed by atoms with Crippen molar-refractivity contribution in [2.45, 2.75) is 24.7 Å². The molecule has 0 aliphatic carbocycles. The first-order valence-electron chi connectivity index (χ1n) is 9.23. The molecule has 1 heterocycles. The first-order chi connectivity index (χ1) is 14.0. The van der Waals surface area contributed by atoms with E-state index >= 15 is 0 Å². The van der Waals surface area contributed by atoms with Crippen molar-refractivity contribution in [3.05, 3.63) is 95.8 Å². The van der Waals surface area contributed by atoms with E-state index < -0.39 is 10.0 Å². The van der Waals surface area contributed by atoms with E-state index in [1.807, 2.05) is 37.3 Å². The zero-order valence-corrected chi connectivity index (χ0v) is 16.9. The van der Waals surface area contributed by atoms with Crippen LogP contribution in [-0.2, 0) is 14.8 Å². The summed E-state index contributed by atoms with van der Waals surface area (Å²) in [7, 11) is -3.66. The summed E-state index contributed by atoms with van der Waals surface area (Å²) in [5.41, 5.74) is 2.33. The molecule has 0 saturated carbocycles. The zero-order valence-electron chi connectivity index (χ0n) is 16.1. The number of nitrogens with zero attached hydrogens (tertiary/aromatic N) is 1. The summed E-state index contributed by atoms with van der Waals surface area (Å²) in [5, 5.41) is 0. The average molecular weight is 404 g/mol. The first-order valence-corrected chi connectivity index (χ1v) is 10.7. The molecule has 29 heavy (non-hydrogen) atoms. The number of aromatic nitrogens is 1. The maximum Gasteiger partial charge on any atom is 0.268 e. The number of hydrogen-bond donors (Lipinski definition) is 0. The van der Waals surface area contributed by atoms with Gasteiger partial charge in [-0.2, -0.15) is 0 Å². The molecule has 2 aromatic carbocycles. The molecule has 1 aromatic heterocycles. The fraction of sp³-hybridized carbons (Fsp3) is 0.125. The lowest BCUT2D eigenvalue weighted by atomic mass is 10.2. The van der Waals surface area contributed by atoms with Gasteiger partial charge in [0, 0.05) is 18.2 Å². The quantitative estimate of drug-likeness (QED) is 0.572. The number of carbonyl (C=O) groups is 1. The number of ketones is 1. The van der Waals surface area contributed by atoms with Crippen molar-refractivity contribution < 1.29 is 13.2 Å². The van der Waals surface area contributed by atoms with E-state index in [4.69, 9.17) is 0 Å². The molecule has 0 atom stereocenters. The molecule has 0 spiro atoms. The molecule has 0 aliphatic heterocycles. The number of rotatable bonds is 6. The van der Waals surface area contributed by atoms with Gasteiger partial charge in [-0.25, -0.2) is 12.4 Å². The van der Waals surface area contributed by atoms with Crippen LogP contribution in [0, 0.1) is 18.8 Å². The molecule has 0 fully saturated rings. The van der Waals surface area contributed by atoms with Gasteiger partial charge in [-0.15, -0.1) is 0 Å². The van der Waals surface area contributed by atoms with Crippen LogP contribution in [0.5, 0.6) is 0 Å².